The molecule has 0 saturated carbocycles. The molecular weight excluding hydrogens is 276 g/mol. The Hall–Kier alpha value is -2.90. The van der Waals surface area contributed by atoms with Crippen molar-refractivity contribution in [3.05, 3.63) is 51.2 Å². The monoisotopic (exact) mass is 290 g/mol. The molecule has 0 aliphatic heterocycles. The summed E-state index contributed by atoms with van der Waals surface area (Å²) in [5.74, 6) is -0.700. The van der Waals surface area contributed by atoms with Gasteiger partial charge >= 0.3 is 5.97 Å². The van der Waals surface area contributed by atoms with E-state index >= 15 is 0 Å². The first-order valence-electron chi connectivity index (χ1n) is 6.14. The van der Waals surface area contributed by atoms with E-state index in [1.165, 1.54) is 16.8 Å². The molecule has 21 heavy (non-hydrogen) atoms. The Morgan fingerprint density at radius 1 is 1.52 bits per heavy atom. The lowest BCUT2D eigenvalue weighted by Gasteiger charge is -2.08. The molecule has 0 saturated heterocycles. The van der Waals surface area contributed by atoms with Gasteiger partial charge in [-0.3, -0.25) is 14.8 Å². The second kappa shape index (κ2) is 5.61. The third-order valence-corrected chi connectivity index (χ3v) is 3.02. The van der Waals surface area contributed by atoms with Crippen LogP contribution in [0.3, 0.4) is 0 Å². The number of hydrogen-bond acceptors (Lipinski definition) is 5. The van der Waals surface area contributed by atoms with Crippen molar-refractivity contribution in [1.82, 2.24) is 9.78 Å². The number of anilines is 1. The van der Waals surface area contributed by atoms with Gasteiger partial charge in [-0.2, -0.15) is 5.10 Å². The number of carboxylic acid groups (broad SMARTS) is 1. The Kier molecular flexibility index (Phi) is 3.88. The SMILES string of the molecule is Cc1nn(C)c(NCc2cccc([N+](=O)[O-])c2)c1C(=O)O. The van der Waals surface area contributed by atoms with Gasteiger partial charge in [0.1, 0.15) is 11.4 Å². The highest BCUT2D eigenvalue weighted by molar-refractivity contribution is 5.94. The fraction of sp³-hybridized carbons (Fsp3) is 0.231. The molecule has 0 fully saturated rings. The van der Waals surface area contributed by atoms with Crippen molar-refractivity contribution in [1.29, 1.82) is 0 Å². The minimum absolute atomic E-state index is 0.00561. The van der Waals surface area contributed by atoms with Gasteiger partial charge in [-0.25, -0.2) is 4.79 Å². The average Bonchev–Trinajstić information content (AvgIpc) is 2.71. The molecule has 8 heteroatoms. The molecule has 1 aromatic carbocycles. The molecule has 0 aliphatic carbocycles. The van der Waals surface area contributed by atoms with E-state index in [2.05, 4.69) is 10.4 Å². The number of carboxylic acids is 1. The van der Waals surface area contributed by atoms with Crippen LogP contribution in [0.1, 0.15) is 21.6 Å². The number of rotatable bonds is 5. The summed E-state index contributed by atoms with van der Waals surface area (Å²) in [6.45, 7) is 1.88. The van der Waals surface area contributed by atoms with Crippen LogP contribution in [-0.4, -0.2) is 25.8 Å². The summed E-state index contributed by atoms with van der Waals surface area (Å²) in [5.41, 5.74) is 1.18. The second-order valence-electron chi connectivity index (χ2n) is 4.52. The Bertz CT molecular complexity index is 708. The lowest BCUT2D eigenvalue weighted by atomic mass is 10.2. The van der Waals surface area contributed by atoms with Gasteiger partial charge in [0.25, 0.3) is 5.69 Å². The summed E-state index contributed by atoms with van der Waals surface area (Å²) in [7, 11) is 1.63. The van der Waals surface area contributed by atoms with Crippen LogP contribution in [-0.2, 0) is 13.6 Å². The number of carbonyl (C=O) groups is 1. The van der Waals surface area contributed by atoms with Crippen molar-refractivity contribution >= 4 is 17.5 Å². The maximum absolute atomic E-state index is 11.2. The zero-order valence-corrected chi connectivity index (χ0v) is 11.5. The standard InChI is InChI=1S/C13H14N4O4/c1-8-11(13(18)19)12(16(2)15-8)14-7-9-4-3-5-10(6-9)17(20)21/h3-6,14H,7H2,1-2H3,(H,18,19). The Balaban J connectivity index is 2.23. The number of hydrogen-bond donors (Lipinski definition) is 2. The first-order valence-corrected chi connectivity index (χ1v) is 6.14. The van der Waals surface area contributed by atoms with Gasteiger partial charge in [-0.15, -0.1) is 0 Å². The van der Waals surface area contributed by atoms with Crippen LogP contribution < -0.4 is 5.32 Å². The van der Waals surface area contributed by atoms with Crippen LogP contribution in [0.5, 0.6) is 0 Å². The first-order chi connectivity index (χ1) is 9.90. The van der Waals surface area contributed by atoms with E-state index in [4.69, 9.17) is 0 Å². The predicted molar refractivity (Wildman–Crippen MR) is 75.3 cm³/mol. The normalized spacial score (nSPS) is 10.4. The molecule has 0 bridgehead atoms. The smallest absolute Gasteiger partial charge is 0.341 e. The summed E-state index contributed by atoms with van der Waals surface area (Å²) in [6, 6.07) is 6.16. The minimum Gasteiger partial charge on any atom is -0.477 e. The van der Waals surface area contributed by atoms with E-state index in [-0.39, 0.29) is 17.8 Å². The average molecular weight is 290 g/mol. The summed E-state index contributed by atoms with van der Waals surface area (Å²) in [6.07, 6.45) is 0. The van der Waals surface area contributed by atoms with Gasteiger partial charge in [0.15, 0.2) is 0 Å². The third kappa shape index (κ3) is 2.99. The van der Waals surface area contributed by atoms with Gasteiger partial charge in [0, 0.05) is 25.7 Å². The van der Waals surface area contributed by atoms with Crippen LogP contribution in [0, 0.1) is 17.0 Å². The minimum atomic E-state index is -1.07. The highest BCUT2D eigenvalue weighted by atomic mass is 16.6. The zero-order chi connectivity index (χ0) is 15.6. The molecule has 0 aliphatic rings. The Morgan fingerprint density at radius 2 is 2.24 bits per heavy atom. The fourth-order valence-electron chi connectivity index (χ4n) is 2.08. The molecule has 2 rings (SSSR count). The number of nitro benzene ring substituents is 1. The van der Waals surface area contributed by atoms with Crippen LogP contribution in [0.15, 0.2) is 24.3 Å². The van der Waals surface area contributed by atoms with Crippen molar-refractivity contribution in [2.75, 3.05) is 5.32 Å². The number of nitro groups is 1. The maximum Gasteiger partial charge on any atom is 0.341 e. The molecule has 0 unspecified atom stereocenters. The Morgan fingerprint density at radius 3 is 2.86 bits per heavy atom. The van der Waals surface area contributed by atoms with Crippen LogP contribution in [0.2, 0.25) is 0 Å². The number of nitrogens with one attached hydrogen (secondary N) is 1. The molecule has 0 atom stereocenters. The van der Waals surface area contributed by atoms with Gasteiger partial charge in [0.2, 0.25) is 0 Å². The zero-order valence-electron chi connectivity index (χ0n) is 11.5. The Labute approximate surface area is 120 Å². The third-order valence-electron chi connectivity index (χ3n) is 3.02. The van der Waals surface area contributed by atoms with Crippen LogP contribution in [0.4, 0.5) is 11.5 Å². The fourth-order valence-corrected chi connectivity index (χ4v) is 2.08. The molecule has 110 valence electrons. The number of aromatic carboxylic acids is 1. The molecule has 0 spiro atoms. The molecule has 1 heterocycles. The van der Waals surface area contributed by atoms with E-state index in [9.17, 15) is 20.0 Å². The lowest BCUT2D eigenvalue weighted by Crippen LogP contribution is -2.09. The molecule has 0 amide bonds. The van der Waals surface area contributed by atoms with E-state index in [0.717, 1.165) is 0 Å². The van der Waals surface area contributed by atoms with Crippen molar-refractivity contribution in [2.24, 2.45) is 7.05 Å². The predicted octanol–water partition coefficient (Wildman–Crippen LogP) is 1.95. The van der Waals surface area contributed by atoms with Gasteiger partial charge in [-0.1, -0.05) is 12.1 Å². The number of aryl methyl sites for hydroxylation is 2. The largest absolute Gasteiger partial charge is 0.477 e. The van der Waals surface area contributed by atoms with Crippen molar-refractivity contribution in [3.8, 4) is 0 Å². The summed E-state index contributed by atoms with van der Waals surface area (Å²) in [5, 5.41) is 26.9. The molecule has 1 aromatic heterocycles. The van der Waals surface area contributed by atoms with Gasteiger partial charge in [0.05, 0.1) is 10.6 Å². The molecule has 2 N–H and O–H groups in total. The summed E-state index contributed by atoms with van der Waals surface area (Å²) >= 11 is 0. The van der Waals surface area contributed by atoms with E-state index in [1.54, 1.807) is 26.1 Å². The van der Waals surface area contributed by atoms with E-state index in [1.807, 2.05) is 0 Å². The highest BCUT2D eigenvalue weighted by Crippen LogP contribution is 2.20. The number of benzene rings is 1. The van der Waals surface area contributed by atoms with E-state index < -0.39 is 10.9 Å². The van der Waals surface area contributed by atoms with Gasteiger partial charge < -0.3 is 10.4 Å². The van der Waals surface area contributed by atoms with Crippen LogP contribution in [0.25, 0.3) is 0 Å². The molecule has 8 nitrogen and oxygen atoms in total. The lowest BCUT2D eigenvalue weighted by molar-refractivity contribution is -0.384. The summed E-state index contributed by atoms with van der Waals surface area (Å²) in [4.78, 5) is 21.5. The number of non-ortho nitro benzene ring substituents is 1. The first kappa shape index (κ1) is 14.5. The molecular formula is C13H14N4O4. The van der Waals surface area contributed by atoms with Gasteiger partial charge in [-0.05, 0) is 12.5 Å². The summed E-state index contributed by atoms with van der Waals surface area (Å²) < 4.78 is 1.44. The topological polar surface area (TPSA) is 110 Å². The number of nitrogens with zero attached hydrogens (tertiary/aromatic N) is 3. The van der Waals surface area contributed by atoms with Crippen molar-refractivity contribution in [2.45, 2.75) is 13.5 Å². The van der Waals surface area contributed by atoms with Crippen molar-refractivity contribution in [3.63, 3.8) is 0 Å². The molecule has 0 radical (unpaired) electrons. The van der Waals surface area contributed by atoms with Crippen LogP contribution >= 0.6 is 0 Å². The quantitative estimate of drug-likeness (QED) is 0.643. The maximum atomic E-state index is 11.2. The van der Waals surface area contributed by atoms with E-state index in [0.29, 0.717) is 17.1 Å². The highest BCUT2D eigenvalue weighted by Gasteiger charge is 2.19. The van der Waals surface area contributed by atoms with Crippen molar-refractivity contribution < 1.29 is 14.8 Å². The second-order valence-corrected chi connectivity index (χ2v) is 4.52. The molecule has 2 aromatic rings. The number of aromatic nitrogens is 2.